The minimum Gasteiger partial charge on any atom is -0.356 e. The van der Waals surface area contributed by atoms with Crippen molar-refractivity contribution in [1.29, 1.82) is 0 Å². The summed E-state index contributed by atoms with van der Waals surface area (Å²) < 4.78 is 0. The Hall–Kier alpha value is -1.53. The van der Waals surface area contributed by atoms with Crippen molar-refractivity contribution >= 4 is 17.2 Å². The summed E-state index contributed by atoms with van der Waals surface area (Å²) in [5.41, 5.74) is 2.63. The van der Waals surface area contributed by atoms with Crippen LogP contribution in [0.25, 0.3) is 0 Å². The Balaban J connectivity index is 1.52. The zero-order valence-electron chi connectivity index (χ0n) is 12.7. The van der Waals surface area contributed by atoms with E-state index >= 15 is 0 Å². The Morgan fingerprint density at radius 1 is 1.00 bits per heavy atom. The van der Waals surface area contributed by atoms with E-state index in [1.807, 2.05) is 6.20 Å². The Bertz CT molecular complexity index is 621. The Morgan fingerprint density at radius 3 is 2.68 bits per heavy atom. The molecular weight excluding hydrogens is 294 g/mol. The van der Waals surface area contributed by atoms with E-state index in [0.717, 1.165) is 45.6 Å². The molecule has 22 heavy (non-hydrogen) atoms. The van der Waals surface area contributed by atoms with Gasteiger partial charge in [0, 0.05) is 49.7 Å². The van der Waals surface area contributed by atoms with Crippen LogP contribution in [0.5, 0.6) is 0 Å². The van der Waals surface area contributed by atoms with E-state index < -0.39 is 0 Å². The van der Waals surface area contributed by atoms with Crippen LogP contribution in [0.4, 0.5) is 5.82 Å². The van der Waals surface area contributed by atoms with Crippen LogP contribution >= 0.6 is 11.3 Å². The summed E-state index contributed by atoms with van der Waals surface area (Å²) in [5.74, 6) is 1.19. The van der Waals surface area contributed by atoms with Gasteiger partial charge in [-0.15, -0.1) is 11.3 Å². The molecule has 1 saturated heterocycles. The number of anilines is 1. The maximum Gasteiger partial charge on any atom is 0.135 e. The first-order valence-electron chi connectivity index (χ1n) is 8.08. The highest BCUT2D eigenvalue weighted by molar-refractivity contribution is 7.09. The quantitative estimate of drug-likeness (QED) is 0.868. The fraction of sp³-hybridized carbons (Fsp3) is 0.562. The lowest BCUT2D eigenvalue weighted by atomic mass is 10.1. The summed E-state index contributed by atoms with van der Waals surface area (Å²) in [6.07, 6.45) is 8.29. The molecule has 2 aromatic rings. The molecule has 4 heterocycles. The predicted octanol–water partition coefficient (Wildman–Crippen LogP) is 2.13. The van der Waals surface area contributed by atoms with Crippen LogP contribution < -0.4 is 4.90 Å². The van der Waals surface area contributed by atoms with Gasteiger partial charge in [-0.1, -0.05) is 0 Å². The zero-order chi connectivity index (χ0) is 14.8. The molecule has 2 aliphatic rings. The molecule has 0 N–H and O–H groups in total. The van der Waals surface area contributed by atoms with Crippen molar-refractivity contribution in [1.82, 2.24) is 19.9 Å². The summed E-state index contributed by atoms with van der Waals surface area (Å²) in [6.45, 7) is 5.38. The van der Waals surface area contributed by atoms with E-state index in [1.165, 1.54) is 34.9 Å². The minimum atomic E-state index is 0.956. The normalized spacial score (nSPS) is 19.2. The van der Waals surface area contributed by atoms with Gasteiger partial charge in [0.05, 0.1) is 12.2 Å². The average Bonchev–Trinajstić information content (AvgIpc) is 3.20. The highest BCUT2D eigenvalue weighted by Crippen LogP contribution is 2.26. The topological polar surface area (TPSA) is 45.2 Å². The average molecular weight is 315 g/mol. The van der Waals surface area contributed by atoms with Crippen LogP contribution in [0, 0.1) is 0 Å². The molecule has 116 valence electrons. The number of aromatic nitrogens is 3. The molecule has 0 radical (unpaired) electrons. The van der Waals surface area contributed by atoms with Gasteiger partial charge in [-0.2, -0.15) is 0 Å². The third-order valence-corrected chi connectivity index (χ3v) is 5.37. The van der Waals surface area contributed by atoms with E-state index in [4.69, 9.17) is 0 Å². The fourth-order valence-corrected chi connectivity index (χ4v) is 4.09. The van der Waals surface area contributed by atoms with E-state index in [-0.39, 0.29) is 0 Å². The molecule has 6 heteroatoms. The Kier molecular flexibility index (Phi) is 4.03. The number of hydrogen-bond donors (Lipinski definition) is 0. The van der Waals surface area contributed by atoms with Gasteiger partial charge in [-0.05, 0) is 19.3 Å². The maximum atomic E-state index is 4.60. The third kappa shape index (κ3) is 2.85. The molecule has 2 aromatic heterocycles. The molecule has 0 spiro atoms. The van der Waals surface area contributed by atoms with E-state index in [9.17, 15) is 0 Å². The van der Waals surface area contributed by atoms with Crippen LogP contribution in [0.1, 0.15) is 29.1 Å². The standard InChI is InChI=1S/C16H21N5S/c1-2-7-21(6-1)16-13-3-8-20(11-15-17-5-10-22-15)9-4-14(13)18-12-19-16/h5,10,12H,1-4,6-9,11H2. The summed E-state index contributed by atoms with van der Waals surface area (Å²) in [7, 11) is 0. The van der Waals surface area contributed by atoms with E-state index in [1.54, 1.807) is 17.7 Å². The molecule has 5 nitrogen and oxygen atoms in total. The molecule has 0 amide bonds. The first-order chi connectivity index (χ1) is 10.9. The van der Waals surface area contributed by atoms with Gasteiger partial charge in [-0.3, -0.25) is 4.90 Å². The van der Waals surface area contributed by atoms with Gasteiger partial charge >= 0.3 is 0 Å². The number of nitrogens with zero attached hydrogens (tertiary/aromatic N) is 5. The summed E-state index contributed by atoms with van der Waals surface area (Å²) in [6, 6.07) is 0. The molecule has 4 rings (SSSR count). The van der Waals surface area contributed by atoms with Crippen LogP contribution in [-0.2, 0) is 19.4 Å². The fourth-order valence-electron chi connectivity index (χ4n) is 3.44. The summed E-state index contributed by atoms with van der Waals surface area (Å²) in [4.78, 5) is 18.5. The monoisotopic (exact) mass is 315 g/mol. The van der Waals surface area contributed by atoms with Gasteiger partial charge in [0.1, 0.15) is 17.2 Å². The number of hydrogen-bond acceptors (Lipinski definition) is 6. The van der Waals surface area contributed by atoms with Crippen molar-refractivity contribution in [3.8, 4) is 0 Å². The number of fused-ring (bicyclic) bond motifs is 1. The predicted molar refractivity (Wildman–Crippen MR) is 88.3 cm³/mol. The van der Waals surface area contributed by atoms with Crippen molar-refractivity contribution < 1.29 is 0 Å². The van der Waals surface area contributed by atoms with E-state index in [0.29, 0.717) is 0 Å². The molecule has 1 fully saturated rings. The zero-order valence-corrected chi connectivity index (χ0v) is 13.6. The van der Waals surface area contributed by atoms with Crippen molar-refractivity contribution in [3.05, 3.63) is 34.2 Å². The van der Waals surface area contributed by atoms with Gasteiger partial charge < -0.3 is 4.90 Å². The first-order valence-corrected chi connectivity index (χ1v) is 8.96. The van der Waals surface area contributed by atoms with Gasteiger partial charge in [0.2, 0.25) is 0 Å². The van der Waals surface area contributed by atoms with Crippen LogP contribution in [-0.4, -0.2) is 46.0 Å². The summed E-state index contributed by atoms with van der Waals surface area (Å²) >= 11 is 1.74. The SMILES string of the molecule is c1csc(CN2CCc3ncnc(N4CCCC4)c3CC2)n1. The molecule has 0 unspecified atom stereocenters. The molecule has 2 aliphatic heterocycles. The second-order valence-corrected chi connectivity index (χ2v) is 7.00. The van der Waals surface area contributed by atoms with Crippen LogP contribution in [0.2, 0.25) is 0 Å². The van der Waals surface area contributed by atoms with Gasteiger partial charge in [0.15, 0.2) is 0 Å². The van der Waals surface area contributed by atoms with Crippen molar-refractivity contribution in [3.63, 3.8) is 0 Å². The third-order valence-electron chi connectivity index (χ3n) is 4.60. The van der Waals surface area contributed by atoms with Crippen LogP contribution in [0.15, 0.2) is 17.9 Å². The van der Waals surface area contributed by atoms with Crippen LogP contribution in [0.3, 0.4) is 0 Å². The highest BCUT2D eigenvalue weighted by atomic mass is 32.1. The Morgan fingerprint density at radius 2 is 1.86 bits per heavy atom. The van der Waals surface area contributed by atoms with E-state index in [2.05, 4.69) is 30.1 Å². The number of rotatable bonds is 3. The lowest BCUT2D eigenvalue weighted by Crippen LogP contribution is -2.26. The second kappa shape index (κ2) is 6.30. The minimum absolute atomic E-state index is 0.956. The smallest absolute Gasteiger partial charge is 0.135 e. The second-order valence-electron chi connectivity index (χ2n) is 6.02. The lowest BCUT2D eigenvalue weighted by Gasteiger charge is -2.21. The molecule has 0 bridgehead atoms. The number of thiazole rings is 1. The first kappa shape index (κ1) is 14.1. The lowest BCUT2D eigenvalue weighted by molar-refractivity contribution is 0.278. The van der Waals surface area contributed by atoms with Crippen molar-refractivity contribution in [2.24, 2.45) is 0 Å². The van der Waals surface area contributed by atoms with Crippen molar-refractivity contribution in [2.45, 2.75) is 32.2 Å². The molecular formula is C16H21N5S. The van der Waals surface area contributed by atoms with Crippen molar-refractivity contribution in [2.75, 3.05) is 31.1 Å². The molecule has 0 atom stereocenters. The highest BCUT2D eigenvalue weighted by Gasteiger charge is 2.23. The molecule has 0 saturated carbocycles. The maximum absolute atomic E-state index is 4.60. The van der Waals surface area contributed by atoms with Gasteiger partial charge in [0.25, 0.3) is 0 Å². The molecule has 0 aliphatic carbocycles. The molecule has 0 aromatic carbocycles. The van der Waals surface area contributed by atoms with Gasteiger partial charge in [-0.25, -0.2) is 15.0 Å². The largest absolute Gasteiger partial charge is 0.356 e. The summed E-state index contributed by atoms with van der Waals surface area (Å²) in [5, 5.41) is 3.26. The Labute approximate surface area is 135 Å².